The number of nitrogens with zero attached hydrogens (tertiary/aromatic N) is 4. The van der Waals surface area contributed by atoms with E-state index in [-0.39, 0.29) is 11.8 Å². The molecule has 0 amide bonds. The van der Waals surface area contributed by atoms with Crippen LogP contribution in [-0.4, -0.2) is 45.2 Å². The maximum absolute atomic E-state index is 11.0. The van der Waals surface area contributed by atoms with Gasteiger partial charge in [0.25, 0.3) is 0 Å². The fourth-order valence-electron chi connectivity index (χ4n) is 5.46. The van der Waals surface area contributed by atoms with Crippen molar-refractivity contribution in [3.8, 4) is 22.9 Å². The zero-order valence-corrected chi connectivity index (χ0v) is 25.7. The van der Waals surface area contributed by atoms with Crippen molar-refractivity contribution in [2.24, 2.45) is 5.92 Å². The molecule has 1 saturated carbocycles. The molecule has 42 heavy (non-hydrogen) atoms. The zero-order chi connectivity index (χ0) is 30.2. The van der Waals surface area contributed by atoms with Crippen LogP contribution in [0.15, 0.2) is 60.9 Å². The van der Waals surface area contributed by atoms with Crippen molar-refractivity contribution < 1.29 is 19.4 Å². The van der Waals surface area contributed by atoms with Crippen LogP contribution in [0.2, 0.25) is 0 Å². The van der Waals surface area contributed by atoms with E-state index in [9.17, 15) is 9.90 Å². The van der Waals surface area contributed by atoms with Crippen LogP contribution >= 0.6 is 0 Å². The Hall–Kier alpha value is -3.91. The Morgan fingerprint density at radius 2 is 1.24 bits per heavy atom. The van der Waals surface area contributed by atoms with Crippen LogP contribution in [0.5, 0.6) is 11.5 Å². The van der Waals surface area contributed by atoms with Gasteiger partial charge in [-0.2, -0.15) is 10.2 Å². The lowest BCUT2D eigenvalue weighted by Crippen LogP contribution is -2.17. The molecule has 1 aliphatic rings. The molecule has 2 heterocycles. The third-order valence-corrected chi connectivity index (χ3v) is 7.85. The number of methoxy groups -OCH3 is 2. The van der Waals surface area contributed by atoms with E-state index in [4.69, 9.17) is 14.6 Å². The molecule has 0 bridgehead atoms. The van der Waals surface area contributed by atoms with E-state index in [1.807, 2.05) is 73.3 Å². The second-order valence-electron chi connectivity index (χ2n) is 11.5. The van der Waals surface area contributed by atoms with Crippen molar-refractivity contribution in [1.29, 1.82) is 0 Å². The van der Waals surface area contributed by atoms with Crippen LogP contribution in [0.1, 0.15) is 105 Å². The maximum Gasteiger partial charge on any atom is 0.153 e. The number of carbonyl (C=O) groups is 1. The molecule has 0 saturated heterocycles. The molecule has 224 valence electrons. The number of benzene rings is 2. The number of aliphatic hydroxyl groups is 1. The third kappa shape index (κ3) is 7.29. The minimum atomic E-state index is -0.408. The second kappa shape index (κ2) is 14.3. The standard InChI is InChI=1S/C20H28N2O2.C14H16N2O2/c1-14(2)19-18(20(23)15-7-5-4-6-8-15)13-22(21-19)16-9-11-17(24-3)12-10-16;1-10(2)14-11(9-17)8-16(15-14)12-4-6-13(18-3)7-5-12/h9-15,20,23H,4-8H2,1-3H3;4-10H,1-3H3. The first kappa shape index (κ1) is 31.0. The lowest BCUT2D eigenvalue weighted by Gasteiger charge is -2.26. The first-order valence-electron chi connectivity index (χ1n) is 14.9. The number of hydrogen-bond acceptors (Lipinski definition) is 6. The van der Waals surface area contributed by atoms with Gasteiger partial charge >= 0.3 is 0 Å². The SMILES string of the molecule is COc1ccc(-n2cc(C(O)C3CCCCC3)c(C(C)C)n2)cc1.COc1ccc(-n2cc(C=O)c(C(C)C)n2)cc1. The van der Waals surface area contributed by atoms with E-state index < -0.39 is 6.10 Å². The van der Waals surface area contributed by atoms with E-state index in [0.717, 1.165) is 59.0 Å². The number of aromatic nitrogens is 4. The number of carbonyl (C=O) groups excluding carboxylic acids is 1. The fraction of sp³-hybridized carbons (Fsp3) is 0.441. The molecule has 5 rings (SSSR count). The Balaban J connectivity index is 0.000000201. The fourth-order valence-corrected chi connectivity index (χ4v) is 5.46. The molecule has 2 aromatic heterocycles. The number of rotatable bonds is 9. The Kier molecular flexibility index (Phi) is 10.6. The molecule has 2 aromatic carbocycles. The summed E-state index contributed by atoms with van der Waals surface area (Å²) in [5, 5.41) is 20.2. The van der Waals surface area contributed by atoms with Gasteiger partial charge < -0.3 is 14.6 Å². The predicted octanol–water partition coefficient (Wildman–Crippen LogP) is 7.43. The van der Waals surface area contributed by atoms with E-state index in [1.54, 1.807) is 25.1 Å². The summed E-state index contributed by atoms with van der Waals surface area (Å²) in [6.45, 7) is 8.32. The summed E-state index contributed by atoms with van der Waals surface area (Å²) in [5.74, 6) is 2.51. The van der Waals surface area contributed by atoms with E-state index in [0.29, 0.717) is 11.5 Å². The van der Waals surface area contributed by atoms with Crippen molar-refractivity contribution in [1.82, 2.24) is 19.6 Å². The van der Waals surface area contributed by atoms with Crippen molar-refractivity contribution in [3.63, 3.8) is 0 Å². The van der Waals surface area contributed by atoms with Crippen LogP contribution < -0.4 is 9.47 Å². The van der Waals surface area contributed by atoms with Gasteiger partial charge in [-0.3, -0.25) is 4.79 Å². The highest BCUT2D eigenvalue weighted by Crippen LogP contribution is 2.37. The summed E-state index contributed by atoms with van der Waals surface area (Å²) in [4.78, 5) is 11.0. The molecule has 0 radical (unpaired) electrons. The molecule has 1 N–H and O–H groups in total. The highest BCUT2D eigenvalue weighted by atomic mass is 16.5. The molecule has 8 heteroatoms. The monoisotopic (exact) mass is 572 g/mol. The second-order valence-corrected chi connectivity index (χ2v) is 11.5. The summed E-state index contributed by atoms with van der Waals surface area (Å²) in [6, 6.07) is 15.4. The van der Waals surface area contributed by atoms with Gasteiger partial charge in [0.1, 0.15) is 11.5 Å². The van der Waals surface area contributed by atoms with E-state index in [1.165, 1.54) is 19.3 Å². The van der Waals surface area contributed by atoms with Crippen LogP contribution in [-0.2, 0) is 0 Å². The molecule has 0 aliphatic heterocycles. The summed E-state index contributed by atoms with van der Waals surface area (Å²) in [6.07, 6.45) is 10.2. The van der Waals surface area contributed by atoms with Gasteiger partial charge in [-0.25, -0.2) is 9.36 Å². The quantitative estimate of drug-likeness (QED) is 0.210. The average molecular weight is 573 g/mol. The number of aldehydes is 1. The minimum absolute atomic E-state index is 0.227. The molecule has 8 nitrogen and oxygen atoms in total. The van der Waals surface area contributed by atoms with Gasteiger partial charge in [0, 0.05) is 18.0 Å². The first-order chi connectivity index (χ1) is 20.2. The molecular weight excluding hydrogens is 528 g/mol. The third-order valence-electron chi connectivity index (χ3n) is 7.85. The van der Waals surface area contributed by atoms with Crippen LogP contribution in [0.4, 0.5) is 0 Å². The summed E-state index contributed by atoms with van der Waals surface area (Å²) in [5.41, 5.74) is 5.35. The Labute approximate surface area is 249 Å². The number of hydrogen-bond donors (Lipinski definition) is 1. The average Bonchev–Trinajstić information content (AvgIpc) is 3.67. The number of ether oxygens (including phenoxy) is 2. The molecule has 1 fully saturated rings. The van der Waals surface area contributed by atoms with Gasteiger partial charge in [0.15, 0.2) is 6.29 Å². The van der Waals surface area contributed by atoms with Crippen LogP contribution in [0.25, 0.3) is 11.4 Å². The highest BCUT2D eigenvalue weighted by molar-refractivity contribution is 5.76. The molecule has 4 aromatic rings. The topological polar surface area (TPSA) is 91.4 Å². The molecular formula is C34H44N4O4. The molecule has 1 unspecified atom stereocenters. The smallest absolute Gasteiger partial charge is 0.153 e. The highest BCUT2D eigenvalue weighted by Gasteiger charge is 2.28. The Morgan fingerprint density at radius 3 is 1.67 bits per heavy atom. The zero-order valence-electron chi connectivity index (χ0n) is 25.7. The first-order valence-corrected chi connectivity index (χ1v) is 14.9. The largest absolute Gasteiger partial charge is 0.497 e. The van der Waals surface area contributed by atoms with Crippen molar-refractivity contribution in [2.75, 3.05) is 14.2 Å². The predicted molar refractivity (Wildman–Crippen MR) is 165 cm³/mol. The lowest BCUT2D eigenvalue weighted by atomic mass is 9.82. The Bertz CT molecular complexity index is 1420. The van der Waals surface area contributed by atoms with Crippen LogP contribution in [0.3, 0.4) is 0 Å². The van der Waals surface area contributed by atoms with Crippen molar-refractivity contribution in [3.05, 3.63) is 83.4 Å². The summed E-state index contributed by atoms with van der Waals surface area (Å²) < 4.78 is 13.9. The van der Waals surface area contributed by atoms with E-state index in [2.05, 4.69) is 18.9 Å². The Morgan fingerprint density at radius 1 is 0.762 bits per heavy atom. The van der Waals surface area contributed by atoms with Gasteiger partial charge in [-0.15, -0.1) is 0 Å². The summed E-state index contributed by atoms with van der Waals surface area (Å²) >= 11 is 0. The molecule has 0 spiro atoms. The van der Waals surface area contributed by atoms with Gasteiger partial charge in [0.05, 0.1) is 48.6 Å². The van der Waals surface area contributed by atoms with Gasteiger partial charge in [-0.05, 0) is 79.1 Å². The van der Waals surface area contributed by atoms with Crippen molar-refractivity contribution >= 4 is 6.29 Å². The maximum atomic E-state index is 11.0. The molecule has 1 aliphatic carbocycles. The minimum Gasteiger partial charge on any atom is -0.497 e. The normalized spacial score (nSPS) is 14.4. The van der Waals surface area contributed by atoms with Crippen molar-refractivity contribution in [2.45, 2.75) is 77.7 Å². The summed E-state index contributed by atoms with van der Waals surface area (Å²) in [7, 11) is 3.29. The van der Waals surface area contributed by atoms with E-state index >= 15 is 0 Å². The number of aliphatic hydroxyl groups excluding tert-OH is 1. The van der Waals surface area contributed by atoms with Gasteiger partial charge in [0.2, 0.25) is 0 Å². The molecule has 1 atom stereocenters. The van der Waals surface area contributed by atoms with Crippen LogP contribution in [0, 0.1) is 5.92 Å². The van der Waals surface area contributed by atoms with Gasteiger partial charge in [-0.1, -0.05) is 47.0 Å². The lowest BCUT2D eigenvalue weighted by molar-refractivity contribution is 0.0838.